The molecule has 0 radical (unpaired) electrons. The molecule has 2 aliphatic heterocycles. The van der Waals surface area contributed by atoms with E-state index in [-0.39, 0.29) is 17.3 Å². The Bertz CT molecular complexity index is 1370. The highest BCUT2D eigenvalue weighted by molar-refractivity contribution is 8.18. The Morgan fingerprint density at radius 3 is 2.43 bits per heavy atom. The molecule has 0 N–H and O–H groups in total. The predicted octanol–water partition coefficient (Wildman–Crippen LogP) is 7.74. The van der Waals surface area contributed by atoms with Gasteiger partial charge in [-0.3, -0.25) is 9.69 Å². The maximum Gasteiger partial charge on any atom is 0.267 e. The van der Waals surface area contributed by atoms with Crippen molar-refractivity contribution in [2.75, 3.05) is 11.4 Å². The van der Waals surface area contributed by atoms with Gasteiger partial charge >= 0.3 is 0 Å². The summed E-state index contributed by atoms with van der Waals surface area (Å²) in [5, 5.41) is 0.594. The first kappa shape index (κ1) is 25.3. The Hall–Kier alpha value is -3.38. The smallest absolute Gasteiger partial charge is 0.267 e. The third-order valence-corrected chi connectivity index (χ3v) is 8.17. The van der Waals surface area contributed by atoms with E-state index in [1.807, 2.05) is 66.7 Å². The van der Waals surface area contributed by atoms with E-state index in [2.05, 4.69) is 32.6 Å². The maximum atomic E-state index is 15.5. The van der Waals surface area contributed by atoms with Crippen LogP contribution >= 0.6 is 11.8 Å². The first-order valence-electron chi connectivity index (χ1n) is 12.8. The largest absolute Gasteiger partial charge is 0.366 e. The minimum Gasteiger partial charge on any atom is -0.366 e. The van der Waals surface area contributed by atoms with Crippen LogP contribution in [0, 0.1) is 5.82 Å². The molecule has 3 aromatic carbocycles. The molecule has 4 nitrogen and oxygen atoms in total. The summed E-state index contributed by atoms with van der Waals surface area (Å²) in [5.41, 5.74) is 4.27. The van der Waals surface area contributed by atoms with Crippen LogP contribution in [-0.2, 0) is 11.3 Å². The number of nitrogens with zero attached hydrogens (tertiary/aromatic N) is 3. The van der Waals surface area contributed by atoms with E-state index in [0.717, 1.165) is 35.5 Å². The second kappa shape index (κ2) is 10.2. The standard InChI is InChI=1S/C31H32FN3OS/c1-5-35-27-18-26(32)23(16-25(27)21(2)19-31(35,3)4)17-28-29(36)34(20-22-12-8-6-9-13-22)30(37-28)33-24-14-10-7-11-15-24/h6-18,21H,5,19-20H2,1-4H3/b28-17+,33-30?. The molecule has 1 fully saturated rings. The third-order valence-electron chi connectivity index (χ3n) is 7.16. The van der Waals surface area contributed by atoms with Crippen LogP contribution < -0.4 is 4.90 Å². The number of anilines is 1. The van der Waals surface area contributed by atoms with Crippen LogP contribution in [0.4, 0.5) is 15.8 Å². The van der Waals surface area contributed by atoms with Crippen molar-refractivity contribution < 1.29 is 9.18 Å². The second-order valence-electron chi connectivity index (χ2n) is 10.3. The van der Waals surface area contributed by atoms with Crippen LogP contribution in [0.1, 0.15) is 56.7 Å². The number of benzene rings is 3. The molecule has 3 aromatic rings. The molecule has 0 bridgehead atoms. The van der Waals surface area contributed by atoms with Crippen molar-refractivity contribution in [1.29, 1.82) is 0 Å². The molecule has 1 atom stereocenters. The number of carbonyl (C=O) groups excluding carboxylic acids is 1. The fraction of sp³-hybridized carbons (Fsp3) is 0.290. The van der Waals surface area contributed by atoms with Crippen molar-refractivity contribution in [3.63, 3.8) is 0 Å². The quantitative estimate of drug-likeness (QED) is 0.327. The lowest BCUT2D eigenvalue weighted by Gasteiger charge is -2.47. The van der Waals surface area contributed by atoms with Gasteiger partial charge in [0.2, 0.25) is 0 Å². The highest BCUT2D eigenvalue weighted by Crippen LogP contribution is 2.45. The van der Waals surface area contributed by atoms with E-state index in [1.54, 1.807) is 17.0 Å². The van der Waals surface area contributed by atoms with Crippen molar-refractivity contribution in [1.82, 2.24) is 4.90 Å². The van der Waals surface area contributed by atoms with Gasteiger partial charge in [-0.25, -0.2) is 9.38 Å². The number of rotatable bonds is 5. The van der Waals surface area contributed by atoms with Gasteiger partial charge in [0, 0.05) is 23.3 Å². The zero-order valence-corrected chi connectivity index (χ0v) is 22.6. The van der Waals surface area contributed by atoms with E-state index >= 15 is 4.39 Å². The van der Waals surface area contributed by atoms with Crippen LogP contribution in [0.3, 0.4) is 0 Å². The summed E-state index contributed by atoms with van der Waals surface area (Å²) >= 11 is 1.30. The van der Waals surface area contributed by atoms with Gasteiger partial charge in [0.15, 0.2) is 5.17 Å². The normalized spacial score (nSPS) is 21.1. The minimum atomic E-state index is -0.314. The Kier molecular flexibility index (Phi) is 6.95. The SMILES string of the molecule is CCN1c2cc(F)c(/C=C3/SC(=Nc4ccccc4)N(Cc4ccccc4)C3=O)cc2C(C)CC1(C)C. The van der Waals surface area contributed by atoms with Gasteiger partial charge in [0.1, 0.15) is 5.82 Å². The topological polar surface area (TPSA) is 35.9 Å². The monoisotopic (exact) mass is 513 g/mol. The van der Waals surface area contributed by atoms with Gasteiger partial charge in [-0.05, 0) is 86.3 Å². The average Bonchev–Trinajstić information content (AvgIpc) is 3.15. The van der Waals surface area contributed by atoms with Crippen molar-refractivity contribution in [2.45, 2.75) is 52.1 Å². The number of hydrogen-bond donors (Lipinski definition) is 0. The van der Waals surface area contributed by atoms with Crippen LogP contribution in [0.15, 0.2) is 82.7 Å². The molecule has 2 aliphatic rings. The van der Waals surface area contributed by atoms with E-state index in [9.17, 15) is 4.79 Å². The molecule has 0 aromatic heterocycles. The molecule has 1 unspecified atom stereocenters. The van der Waals surface area contributed by atoms with Gasteiger partial charge in [0.05, 0.1) is 17.1 Å². The van der Waals surface area contributed by atoms with Crippen molar-refractivity contribution in [3.05, 3.63) is 100 Å². The summed E-state index contributed by atoms with van der Waals surface area (Å²) in [6.45, 7) is 9.95. The number of aliphatic imine (C=N–C) groups is 1. The zero-order valence-electron chi connectivity index (χ0n) is 21.7. The predicted molar refractivity (Wildman–Crippen MR) is 153 cm³/mol. The molecule has 1 saturated heterocycles. The number of para-hydroxylation sites is 1. The summed E-state index contributed by atoms with van der Waals surface area (Å²) in [4.78, 5) is 22.8. The Labute approximate surface area is 222 Å². The van der Waals surface area contributed by atoms with Crippen LogP contribution in [0.2, 0.25) is 0 Å². The van der Waals surface area contributed by atoms with Crippen molar-refractivity contribution in [2.24, 2.45) is 4.99 Å². The Morgan fingerprint density at radius 2 is 1.76 bits per heavy atom. The van der Waals surface area contributed by atoms with Gasteiger partial charge in [0.25, 0.3) is 5.91 Å². The van der Waals surface area contributed by atoms with E-state index in [1.165, 1.54) is 11.8 Å². The summed E-state index contributed by atoms with van der Waals surface area (Å²) in [7, 11) is 0. The highest BCUT2D eigenvalue weighted by Gasteiger charge is 2.37. The van der Waals surface area contributed by atoms with Gasteiger partial charge in [-0.15, -0.1) is 0 Å². The lowest BCUT2D eigenvalue weighted by Crippen LogP contribution is -2.48. The number of carbonyl (C=O) groups is 1. The van der Waals surface area contributed by atoms with Crippen LogP contribution in [0.5, 0.6) is 0 Å². The van der Waals surface area contributed by atoms with E-state index in [0.29, 0.717) is 28.1 Å². The lowest BCUT2D eigenvalue weighted by molar-refractivity contribution is -0.122. The lowest BCUT2D eigenvalue weighted by atomic mass is 9.79. The Balaban J connectivity index is 1.53. The van der Waals surface area contributed by atoms with E-state index < -0.39 is 0 Å². The van der Waals surface area contributed by atoms with Crippen molar-refractivity contribution >= 4 is 40.3 Å². The molecular formula is C31H32FN3OS. The summed E-state index contributed by atoms with van der Waals surface area (Å²) in [6.07, 6.45) is 2.68. The van der Waals surface area contributed by atoms with Gasteiger partial charge in [-0.2, -0.15) is 0 Å². The molecule has 0 spiro atoms. The first-order chi connectivity index (χ1) is 17.8. The number of amidine groups is 1. The second-order valence-corrected chi connectivity index (χ2v) is 11.3. The fourth-order valence-corrected chi connectivity index (χ4v) is 6.47. The highest BCUT2D eigenvalue weighted by atomic mass is 32.2. The van der Waals surface area contributed by atoms with Gasteiger partial charge < -0.3 is 4.90 Å². The van der Waals surface area contributed by atoms with E-state index in [4.69, 9.17) is 4.99 Å². The number of amides is 1. The number of halogens is 1. The molecule has 0 saturated carbocycles. The molecule has 5 rings (SSSR count). The zero-order chi connectivity index (χ0) is 26.2. The number of hydrogen-bond acceptors (Lipinski definition) is 4. The summed E-state index contributed by atoms with van der Waals surface area (Å²) in [6, 6.07) is 23.0. The average molecular weight is 514 g/mol. The summed E-state index contributed by atoms with van der Waals surface area (Å²) in [5.74, 6) is -0.182. The molecule has 190 valence electrons. The summed E-state index contributed by atoms with van der Waals surface area (Å²) < 4.78 is 15.5. The Morgan fingerprint density at radius 1 is 1.08 bits per heavy atom. The molecule has 37 heavy (non-hydrogen) atoms. The third kappa shape index (κ3) is 5.08. The molecule has 1 amide bonds. The van der Waals surface area contributed by atoms with Crippen LogP contribution in [0.25, 0.3) is 6.08 Å². The van der Waals surface area contributed by atoms with Crippen LogP contribution in [-0.4, -0.2) is 28.1 Å². The maximum absolute atomic E-state index is 15.5. The van der Waals surface area contributed by atoms with Crippen molar-refractivity contribution in [3.8, 4) is 0 Å². The fourth-order valence-electron chi connectivity index (χ4n) is 5.48. The van der Waals surface area contributed by atoms with Gasteiger partial charge in [-0.1, -0.05) is 55.5 Å². The molecular weight excluding hydrogens is 481 g/mol. The molecule has 6 heteroatoms. The first-order valence-corrected chi connectivity index (χ1v) is 13.6. The minimum absolute atomic E-state index is 0.0361. The number of thioether (sulfide) groups is 1. The number of fused-ring (bicyclic) bond motifs is 1. The molecule has 0 aliphatic carbocycles. The molecule has 2 heterocycles.